The van der Waals surface area contributed by atoms with Crippen LogP contribution in [-0.2, 0) is 21.4 Å². The highest BCUT2D eigenvalue weighted by molar-refractivity contribution is 5.82. The Kier molecular flexibility index (Phi) is 3.50. The fourth-order valence-electron chi connectivity index (χ4n) is 5.36. The third kappa shape index (κ3) is 1.94. The van der Waals surface area contributed by atoms with Crippen LogP contribution >= 0.6 is 0 Å². The molecule has 1 aromatic rings. The maximum absolute atomic E-state index is 12.4. The Morgan fingerprint density at radius 3 is 3.00 bits per heavy atom. The van der Waals surface area contributed by atoms with E-state index in [9.17, 15) is 4.79 Å². The van der Waals surface area contributed by atoms with Crippen molar-refractivity contribution in [3.05, 3.63) is 29.3 Å². The molecule has 23 heavy (non-hydrogen) atoms. The third-order valence-electron chi connectivity index (χ3n) is 6.25. The summed E-state index contributed by atoms with van der Waals surface area (Å²) in [6.45, 7) is 3.70. The summed E-state index contributed by atoms with van der Waals surface area (Å²) < 4.78 is 11.9. The van der Waals surface area contributed by atoms with Crippen molar-refractivity contribution in [2.75, 3.05) is 20.3 Å². The molecule has 1 saturated heterocycles. The monoisotopic (exact) mass is 315 g/mol. The zero-order chi connectivity index (χ0) is 16.1. The number of hydrogen-bond donors (Lipinski definition) is 1. The van der Waals surface area contributed by atoms with Gasteiger partial charge in [-0.3, -0.25) is 4.79 Å². The summed E-state index contributed by atoms with van der Waals surface area (Å²) in [7, 11) is 1.70. The number of ketones is 1. The number of ether oxygens (including phenoxy) is 2. The van der Waals surface area contributed by atoms with Gasteiger partial charge in [0, 0.05) is 30.9 Å². The lowest BCUT2D eigenvalue weighted by atomic mass is 9.49. The van der Waals surface area contributed by atoms with Gasteiger partial charge in [0.25, 0.3) is 0 Å². The van der Waals surface area contributed by atoms with Crippen molar-refractivity contribution in [2.45, 2.75) is 56.1 Å². The van der Waals surface area contributed by atoms with E-state index in [1.54, 1.807) is 7.11 Å². The van der Waals surface area contributed by atoms with E-state index in [1.165, 1.54) is 11.1 Å². The van der Waals surface area contributed by atoms with Gasteiger partial charge in [0.1, 0.15) is 11.5 Å². The first kappa shape index (κ1) is 15.2. The summed E-state index contributed by atoms with van der Waals surface area (Å²) in [6.07, 6.45) is 3.99. The molecule has 1 aliphatic heterocycles. The third-order valence-corrected chi connectivity index (χ3v) is 6.25. The number of rotatable bonds is 3. The number of fused-ring (bicyclic) bond motifs is 1. The van der Waals surface area contributed by atoms with Crippen LogP contribution in [0.25, 0.3) is 0 Å². The zero-order valence-electron chi connectivity index (χ0n) is 14.0. The van der Waals surface area contributed by atoms with Gasteiger partial charge in [-0.2, -0.15) is 0 Å². The lowest BCUT2D eigenvalue weighted by Gasteiger charge is -2.62. The molecular weight excluding hydrogens is 290 g/mol. The number of benzene rings is 1. The molecular formula is C19H25NO3. The van der Waals surface area contributed by atoms with Crippen LogP contribution in [0.2, 0.25) is 0 Å². The molecule has 4 nitrogen and oxygen atoms in total. The average Bonchev–Trinajstić information content (AvgIpc) is 2.55. The second kappa shape index (κ2) is 5.32. The molecule has 1 N–H and O–H groups in total. The maximum atomic E-state index is 12.4. The Morgan fingerprint density at radius 1 is 1.35 bits per heavy atom. The number of nitrogens with one attached hydrogen (secondary N) is 1. The van der Waals surface area contributed by atoms with Crippen LogP contribution in [-0.4, -0.2) is 37.7 Å². The molecule has 2 bridgehead atoms. The maximum Gasteiger partial charge on any atom is 0.134 e. The summed E-state index contributed by atoms with van der Waals surface area (Å²) in [6, 6.07) is 6.66. The second-order valence-corrected chi connectivity index (χ2v) is 7.10. The lowest BCUT2D eigenvalue weighted by Crippen LogP contribution is -2.73. The highest BCUT2D eigenvalue weighted by Gasteiger charge is 2.64. The Morgan fingerprint density at radius 2 is 2.22 bits per heavy atom. The molecule has 0 amide bonds. The normalized spacial score (nSPS) is 35.4. The van der Waals surface area contributed by atoms with Crippen LogP contribution in [0, 0.1) is 0 Å². The predicted octanol–water partition coefficient (Wildman–Crippen LogP) is 2.38. The number of hydrogen-bond acceptors (Lipinski definition) is 4. The lowest BCUT2D eigenvalue weighted by molar-refractivity contribution is -0.171. The van der Waals surface area contributed by atoms with E-state index in [-0.39, 0.29) is 11.0 Å². The average molecular weight is 315 g/mol. The fraction of sp³-hybridized carbons (Fsp3) is 0.632. The SMILES string of the molecule is CCO[C@@]12CCC(=O)C[C@@]13CCN[C@@H]2Cc1ccc(OC)cc13. The number of carbonyl (C=O) groups excluding carboxylic acids is 1. The van der Waals surface area contributed by atoms with E-state index in [4.69, 9.17) is 9.47 Å². The molecule has 1 saturated carbocycles. The van der Waals surface area contributed by atoms with E-state index < -0.39 is 0 Å². The van der Waals surface area contributed by atoms with Gasteiger partial charge < -0.3 is 14.8 Å². The molecule has 3 atom stereocenters. The summed E-state index contributed by atoms with van der Waals surface area (Å²) in [5.41, 5.74) is 2.17. The Hall–Kier alpha value is -1.39. The Balaban J connectivity index is 1.94. The summed E-state index contributed by atoms with van der Waals surface area (Å²) >= 11 is 0. The van der Waals surface area contributed by atoms with Gasteiger partial charge in [-0.1, -0.05) is 6.07 Å². The summed E-state index contributed by atoms with van der Waals surface area (Å²) in [5.74, 6) is 1.25. The minimum atomic E-state index is -0.257. The van der Waals surface area contributed by atoms with Crippen molar-refractivity contribution in [1.82, 2.24) is 5.32 Å². The molecule has 0 radical (unpaired) electrons. The van der Waals surface area contributed by atoms with Crippen LogP contribution in [0.1, 0.15) is 43.7 Å². The van der Waals surface area contributed by atoms with E-state index in [2.05, 4.69) is 24.4 Å². The molecule has 1 aromatic carbocycles. The summed E-state index contributed by atoms with van der Waals surface area (Å²) in [5, 5.41) is 3.69. The van der Waals surface area contributed by atoms with Gasteiger partial charge in [-0.25, -0.2) is 0 Å². The topological polar surface area (TPSA) is 47.6 Å². The van der Waals surface area contributed by atoms with Crippen LogP contribution in [0.15, 0.2) is 18.2 Å². The van der Waals surface area contributed by atoms with Gasteiger partial charge >= 0.3 is 0 Å². The minimum Gasteiger partial charge on any atom is -0.497 e. The Labute approximate surface area is 137 Å². The van der Waals surface area contributed by atoms with Gasteiger partial charge in [-0.15, -0.1) is 0 Å². The van der Waals surface area contributed by atoms with Gasteiger partial charge in [-0.05, 0) is 56.0 Å². The van der Waals surface area contributed by atoms with Crippen molar-refractivity contribution in [2.24, 2.45) is 0 Å². The van der Waals surface area contributed by atoms with E-state index in [0.717, 1.165) is 31.6 Å². The molecule has 2 fully saturated rings. The highest BCUT2D eigenvalue weighted by Crippen LogP contribution is 2.57. The van der Waals surface area contributed by atoms with E-state index >= 15 is 0 Å². The van der Waals surface area contributed by atoms with Crippen LogP contribution in [0.3, 0.4) is 0 Å². The molecule has 4 heteroatoms. The van der Waals surface area contributed by atoms with Gasteiger partial charge in [0.2, 0.25) is 0 Å². The summed E-state index contributed by atoms with van der Waals surface area (Å²) in [4.78, 5) is 12.4. The van der Waals surface area contributed by atoms with Crippen molar-refractivity contribution >= 4 is 5.78 Å². The van der Waals surface area contributed by atoms with Crippen LogP contribution < -0.4 is 10.1 Å². The molecule has 0 aromatic heterocycles. The molecule has 0 spiro atoms. The predicted molar refractivity (Wildman–Crippen MR) is 88.0 cm³/mol. The molecule has 124 valence electrons. The smallest absolute Gasteiger partial charge is 0.134 e. The molecule has 1 heterocycles. The van der Waals surface area contributed by atoms with Crippen molar-refractivity contribution in [3.63, 3.8) is 0 Å². The Bertz CT molecular complexity index is 644. The number of piperidine rings is 1. The largest absolute Gasteiger partial charge is 0.497 e. The van der Waals surface area contributed by atoms with Crippen molar-refractivity contribution in [3.8, 4) is 5.75 Å². The van der Waals surface area contributed by atoms with Gasteiger partial charge in [0.05, 0.1) is 12.7 Å². The first-order chi connectivity index (χ1) is 11.1. The fourth-order valence-corrected chi connectivity index (χ4v) is 5.36. The van der Waals surface area contributed by atoms with E-state index in [0.29, 0.717) is 31.3 Å². The first-order valence-electron chi connectivity index (χ1n) is 8.71. The van der Waals surface area contributed by atoms with Crippen LogP contribution in [0.5, 0.6) is 5.75 Å². The number of Topliss-reactive ketones (excluding diaryl/α,β-unsaturated/α-hetero) is 1. The minimum absolute atomic E-state index is 0.198. The highest BCUT2D eigenvalue weighted by atomic mass is 16.5. The van der Waals surface area contributed by atoms with Crippen LogP contribution in [0.4, 0.5) is 0 Å². The molecule has 0 unspecified atom stereocenters. The van der Waals surface area contributed by atoms with Crippen molar-refractivity contribution in [1.29, 1.82) is 0 Å². The molecule has 4 rings (SSSR count). The number of methoxy groups -OCH3 is 1. The van der Waals surface area contributed by atoms with Gasteiger partial charge in [0.15, 0.2) is 0 Å². The van der Waals surface area contributed by atoms with Crippen molar-refractivity contribution < 1.29 is 14.3 Å². The second-order valence-electron chi connectivity index (χ2n) is 7.10. The molecule has 2 aliphatic carbocycles. The standard InChI is InChI=1S/C19H25NO3/c1-3-23-19-7-6-14(21)12-18(19)8-9-20-17(19)10-13-4-5-15(22-2)11-16(13)18/h4-5,11,17,20H,3,6-10,12H2,1-2H3/t17-,18-,19-/m1/s1. The molecule has 3 aliphatic rings. The van der Waals surface area contributed by atoms with E-state index in [1.807, 2.05) is 6.07 Å². The number of carbonyl (C=O) groups is 1. The first-order valence-corrected chi connectivity index (χ1v) is 8.71. The quantitative estimate of drug-likeness (QED) is 0.930. The zero-order valence-corrected chi connectivity index (χ0v) is 14.0.